The number of pyridine rings is 1. The van der Waals surface area contributed by atoms with Gasteiger partial charge in [-0.15, -0.1) is 0 Å². The van der Waals surface area contributed by atoms with Crippen molar-refractivity contribution in [3.8, 4) is 0 Å². The van der Waals surface area contributed by atoms with E-state index in [1.165, 1.54) is 0 Å². The fraction of sp³-hybridized carbons (Fsp3) is 0.571. The van der Waals surface area contributed by atoms with Gasteiger partial charge in [-0.2, -0.15) is 0 Å². The van der Waals surface area contributed by atoms with Gasteiger partial charge in [0.15, 0.2) is 0 Å². The zero-order valence-electron chi connectivity index (χ0n) is 11.5. The molecule has 0 aliphatic carbocycles. The Morgan fingerprint density at radius 2 is 2.42 bits per heavy atom. The Balaban J connectivity index is 2.17. The number of aromatic nitrogens is 1. The van der Waals surface area contributed by atoms with Gasteiger partial charge < -0.3 is 15.4 Å². The maximum Gasteiger partial charge on any atom is 0.273 e. The maximum absolute atomic E-state index is 12.6. The Morgan fingerprint density at radius 3 is 3.05 bits per heavy atom. The standard InChI is InChI=1S/C14H21N3O2/c1-10-4-3-6-16-13(10)14(18)17-7-5-12(19-2)8-11(17)9-15/h3-4,6,11-12H,5,7-9,15H2,1-2H3. The molecule has 1 aliphatic heterocycles. The van der Waals surface area contributed by atoms with Gasteiger partial charge in [0, 0.05) is 32.4 Å². The van der Waals surface area contributed by atoms with Crippen molar-refractivity contribution in [2.75, 3.05) is 20.2 Å². The number of piperidine rings is 1. The molecule has 5 heteroatoms. The van der Waals surface area contributed by atoms with Gasteiger partial charge in [-0.3, -0.25) is 9.78 Å². The molecule has 0 spiro atoms. The van der Waals surface area contributed by atoms with E-state index in [1.807, 2.05) is 24.0 Å². The predicted octanol–water partition coefficient (Wildman–Crippen LogP) is 0.968. The quantitative estimate of drug-likeness (QED) is 0.882. The minimum absolute atomic E-state index is 0.0249. The fourth-order valence-electron chi connectivity index (χ4n) is 2.56. The van der Waals surface area contributed by atoms with E-state index in [2.05, 4.69) is 4.98 Å². The smallest absolute Gasteiger partial charge is 0.273 e. The average Bonchev–Trinajstić information content (AvgIpc) is 2.46. The van der Waals surface area contributed by atoms with Crippen molar-refractivity contribution < 1.29 is 9.53 Å². The van der Waals surface area contributed by atoms with Crippen LogP contribution in [0.5, 0.6) is 0 Å². The third-order valence-electron chi connectivity index (χ3n) is 3.75. The van der Waals surface area contributed by atoms with Crippen molar-refractivity contribution in [3.05, 3.63) is 29.6 Å². The largest absolute Gasteiger partial charge is 0.381 e. The van der Waals surface area contributed by atoms with Gasteiger partial charge in [0.25, 0.3) is 5.91 Å². The van der Waals surface area contributed by atoms with Crippen LogP contribution in [-0.2, 0) is 4.74 Å². The van der Waals surface area contributed by atoms with Crippen molar-refractivity contribution in [3.63, 3.8) is 0 Å². The number of methoxy groups -OCH3 is 1. The summed E-state index contributed by atoms with van der Waals surface area (Å²) in [5, 5.41) is 0. The Morgan fingerprint density at radius 1 is 1.63 bits per heavy atom. The monoisotopic (exact) mass is 263 g/mol. The Hall–Kier alpha value is -1.46. The molecule has 0 bridgehead atoms. The van der Waals surface area contributed by atoms with Crippen molar-refractivity contribution in [1.82, 2.24) is 9.88 Å². The van der Waals surface area contributed by atoms with E-state index in [-0.39, 0.29) is 18.1 Å². The Labute approximate surface area is 113 Å². The molecule has 19 heavy (non-hydrogen) atoms. The molecule has 1 amide bonds. The van der Waals surface area contributed by atoms with E-state index < -0.39 is 0 Å². The van der Waals surface area contributed by atoms with Gasteiger partial charge in [0.2, 0.25) is 0 Å². The molecule has 0 radical (unpaired) electrons. The number of carbonyl (C=O) groups excluding carboxylic acids is 1. The number of carbonyl (C=O) groups is 1. The third-order valence-corrected chi connectivity index (χ3v) is 3.75. The first-order chi connectivity index (χ1) is 9.17. The van der Waals surface area contributed by atoms with Crippen LogP contribution < -0.4 is 5.73 Å². The molecule has 1 aromatic rings. The van der Waals surface area contributed by atoms with Crippen LogP contribution in [0.15, 0.2) is 18.3 Å². The highest BCUT2D eigenvalue weighted by Crippen LogP contribution is 2.21. The minimum atomic E-state index is -0.0249. The molecule has 0 saturated carbocycles. The van der Waals surface area contributed by atoms with Crippen LogP contribution in [0.1, 0.15) is 28.9 Å². The number of aryl methyl sites for hydroxylation is 1. The predicted molar refractivity (Wildman–Crippen MR) is 72.9 cm³/mol. The molecule has 1 saturated heterocycles. The number of hydrogen-bond acceptors (Lipinski definition) is 4. The number of amides is 1. The van der Waals surface area contributed by atoms with Crippen LogP contribution in [0, 0.1) is 6.92 Å². The molecular weight excluding hydrogens is 242 g/mol. The highest BCUT2D eigenvalue weighted by Gasteiger charge is 2.32. The molecule has 1 aliphatic rings. The SMILES string of the molecule is COC1CCN(C(=O)c2ncccc2C)C(CN)C1. The van der Waals surface area contributed by atoms with Crippen LogP contribution in [-0.4, -0.2) is 48.1 Å². The topological polar surface area (TPSA) is 68.5 Å². The molecule has 104 valence electrons. The van der Waals surface area contributed by atoms with Crippen LogP contribution in [0.3, 0.4) is 0 Å². The summed E-state index contributed by atoms with van der Waals surface area (Å²) in [7, 11) is 1.71. The van der Waals surface area contributed by atoms with Crippen molar-refractivity contribution in [2.24, 2.45) is 5.73 Å². The Bertz CT molecular complexity index is 450. The van der Waals surface area contributed by atoms with Gasteiger partial charge >= 0.3 is 0 Å². The number of likely N-dealkylation sites (tertiary alicyclic amines) is 1. The lowest BCUT2D eigenvalue weighted by Gasteiger charge is -2.38. The lowest BCUT2D eigenvalue weighted by Crippen LogP contribution is -2.51. The fourth-order valence-corrected chi connectivity index (χ4v) is 2.56. The first-order valence-electron chi connectivity index (χ1n) is 6.62. The van der Waals surface area contributed by atoms with Gasteiger partial charge in [0.05, 0.1) is 6.10 Å². The van der Waals surface area contributed by atoms with Crippen molar-refractivity contribution >= 4 is 5.91 Å². The van der Waals surface area contributed by atoms with Gasteiger partial charge in [-0.25, -0.2) is 0 Å². The number of nitrogens with zero attached hydrogens (tertiary/aromatic N) is 2. The van der Waals surface area contributed by atoms with E-state index in [1.54, 1.807) is 13.3 Å². The summed E-state index contributed by atoms with van der Waals surface area (Å²) in [6.45, 7) is 3.03. The summed E-state index contributed by atoms with van der Waals surface area (Å²) in [6, 6.07) is 3.77. The second-order valence-electron chi connectivity index (χ2n) is 4.94. The van der Waals surface area contributed by atoms with E-state index in [0.717, 1.165) is 18.4 Å². The summed E-state index contributed by atoms with van der Waals surface area (Å²) < 4.78 is 5.37. The van der Waals surface area contributed by atoms with E-state index in [4.69, 9.17) is 10.5 Å². The molecule has 2 atom stereocenters. The molecule has 2 N–H and O–H groups in total. The second-order valence-corrected chi connectivity index (χ2v) is 4.94. The molecule has 5 nitrogen and oxygen atoms in total. The first kappa shape index (κ1) is 14.0. The summed E-state index contributed by atoms with van der Waals surface area (Å²) in [4.78, 5) is 18.6. The molecule has 0 aromatic carbocycles. The molecule has 2 heterocycles. The van der Waals surface area contributed by atoms with Gasteiger partial charge in [0.1, 0.15) is 5.69 Å². The van der Waals surface area contributed by atoms with E-state index in [0.29, 0.717) is 18.8 Å². The van der Waals surface area contributed by atoms with Crippen molar-refractivity contribution in [2.45, 2.75) is 31.9 Å². The summed E-state index contributed by atoms with van der Waals surface area (Å²) >= 11 is 0. The van der Waals surface area contributed by atoms with E-state index in [9.17, 15) is 4.79 Å². The Kier molecular flexibility index (Phi) is 4.50. The van der Waals surface area contributed by atoms with Gasteiger partial charge in [-0.1, -0.05) is 6.07 Å². The molecule has 1 aromatic heterocycles. The maximum atomic E-state index is 12.6. The second kappa shape index (κ2) is 6.12. The summed E-state index contributed by atoms with van der Waals surface area (Å²) in [6.07, 6.45) is 3.50. The highest BCUT2D eigenvalue weighted by atomic mass is 16.5. The van der Waals surface area contributed by atoms with Crippen LogP contribution in [0.4, 0.5) is 0 Å². The lowest BCUT2D eigenvalue weighted by molar-refractivity contribution is 0.0136. The number of ether oxygens (including phenoxy) is 1. The van der Waals surface area contributed by atoms with Crippen LogP contribution in [0.25, 0.3) is 0 Å². The normalized spacial score (nSPS) is 23.4. The molecular formula is C14H21N3O2. The van der Waals surface area contributed by atoms with Crippen LogP contribution in [0.2, 0.25) is 0 Å². The molecule has 1 fully saturated rings. The van der Waals surface area contributed by atoms with Crippen molar-refractivity contribution in [1.29, 1.82) is 0 Å². The molecule has 2 unspecified atom stereocenters. The summed E-state index contributed by atoms with van der Waals surface area (Å²) in [5.41, 5.74) is 7.22. The lowest BCUT2D eigenvalue weighted by atomic mass is 9.98. The number of nitrogens with two attached hydrogens (primary N) is 1. The molecule has 2 rings (SSSR count). The number of hydrogen-bond donors (Lipinski definition) is 1. The zero-order valence-corrected chi connectivity index (χ0v) is 11.5. The highest BCUT2D eigenvalue weighted by molar-refractivity contribution is 5.93. The van der Waals surface area contributed by atoms with Gasteiger partial charge in [-0.05, 0) is 31.4 Å². The minimum Gasteiger partial charge on any atom is -0.381 e. The zero-order chi connectivity index (χ0) is 13.8. The summed E-state index contributed by atoms with van der Waals surface area (Å²) in [5.74, 6) is -0.0249. The average molecular weight is 263 g/mol. The van der Waals surface area contributed by atoms with E-state index >= 15 is 0 Å². The third kappa shape index (κ3) is 2.93. The number of rotatable bonds is 3. The first-order valence-corrected chi connectivity index (χ1v) is 6.62. The van der Waals surface area contributed by atoms with Crippen LogP contribution >= 0.6 is 0 Å².